The summed E-state index contributed by atoms with van der Waals surface area (Å²) in [6, 6.07) is 0. The summed E-state index contributed by atoms with van der Waals surface area (Å²) in [6.45, 7) is 0. The van der Waals surface area contributed by atoms with Crippen LogP contribution in [0.4, 0.5) is 0 Å². The molecule has 0 aromatic heterocycles. The summed E-state index contributed by atoms with van der Waals surface area (Å²) >= 11 is 1.67. The van der Waals surface area contributed by atoms with Gasteiger partial charge in [0.2, 0.25) is 0 Å². The first-order valence-electron chi connectivity index (χ1n) is 0.654. The third-order valence-electron chi connectivity index (χ3n) is 0.0514. The smallest absolute Gasteiger partial charge is 0.749 e. The molecule has 1 radical (unpaired) electrons. The summed E-state index contributed by atoms with van der Waals surface area (Å²) in [6.07, 6.45) is 0. The minimum absolute atomic E-state index is 0. The zero-order valence-corrected chi connectivity index (χ0v) is 10.4. The van der Waals surface area contributed by atoms with Gasteiger partial charge in [-0.15, -0.1) is 0 Å². The Kier molecular flexibility index (Phi) is 26.7. The Balaban J connectivity index is -0.0000000800. The molecule has 0 amide bonds. The first kappa shape index (κ1) is 16.3. The van der Waals surface area contributed by atoms with Gasteiger partial charge >= 0.3 is 51.4 Å². The Hall–Kier alpha value is 2.65. The Bertz CT molecular complexity index is 50.2. The summed E-state index contributed by atoms with van der Waals surface area (Å²) in [5.74, 6) is 0. The summed E-state index contributed by atoms with van der Waals surface area (Å²) in [4.78, 5) is 0. The van der Waals surface area contributed by atoms with Crippen LogP contribution in [0, 0.1) is 0 Å². The predicted octanol–water partition coefficient (Wildman–Crippen LogP) is -3.05. The zero-order chi connectivity index (χ0) is 4.28. The number of halogens is 1. The molecule has 0 aliphatic carbocycles. The summed E-state index contributed by atoms with van der Waals surface area (Å²) in [5.41, 5.74) is 0. The van der Waals surface area contributed by atoms with Crippen LogP contribution in [0.15, 0.2) is 0 Å². The van der Waals surface area contributed by atoms with Crippen molar-refractivity contribution in [2.75, 3.05) is 0 Å². The van der Waals surface area contributed by atoms with Crippen molar-refractivity contribution in [2.24, 2.45) is 0 Å². The largest absolute Gasteiger partial charge is 1.00 e. The molecule has 0 heterocycles. The first-order chi connectivity index (χ1) is 2.27. The molecule has 7 heteroatoms. The summed E-state index contributed by atoms with van der Waals surface area (Å²) in [5, 5.41) is 0. The molecule has 41 valence electrons. The van der Waals surface area contributed by atoms with Crippen molar-refractivity contribution in [3.63, 3.8) is 0 Å². The second-order valence-electron chi connectivity index (χ2n) is 0.267. The molecule has 0 spiro atoms. The standard InChI is InChI=1S/ClHO3S.Ir.K/c1-4-5(2)3;;/h(H,2,3);;/q;;+1/p-1. The van der Waals surface area contributed by atoms with Gasteiger partial charge in [-0.25, -0.2) is 4.21 Å². The Morgan fingerprint density at radius 3 is 1.86 bits per heavy atom. The van der Waals surface area contributed by atoms with Crippen LogP contribution in [0.1, 0.15) is 0 Å². The zero-order valence-electron chi connectivity index (χ0n) is 3.34. The fourth-order valence-electron chi connectivity index (χ4n) is 0. The van der Waals surface area contributed by atoms with Crippen molar-refractivity contribution in [2.45, 2.75) is 0 Å². The maximum Gasteiger partial charge on any atom is 1.00 e. The number of rotatable bonds is 1. The topological polar surface area (TPSA) is 49.4 Å². The third-order valence-corrected chi connectivity index (χ3v) is 0.463. The number of hydrogen-bond acceptors (Lipinski definition) is 3. The molecule has 0 rings (SSSR count). The average Bonchev–Trinajstić information content (AvgIpc) is 1.38. The summed E-state index contributed by atoms with van der Waals surface area (Å²) in [7, 11) is 0. The van der Waals surface area contributed by atoms with Crippen molar-refractivity contribution in [1.29, 1.82) is 0 Å². The van der Waals surface area contributed by atoms with E-state index < -0.39 is 11.4 Å². The van der Waals surface area contributed by atoms with Gasteiger partial charge in [0.25, 0.3) is 0 Å². The Morgan fingerprint density at radius 1 is 1.71 bits per heavy atom. The van der Waals surface area contributed by atoms with Gasteiger partial charge in [0.05, 0.1) is 11.9 Å². The van der Waals surface area contributed by atoms with Crippen LogP contribution in [-0.2, 0) is 35.2 Å². The maximum atomic E-state index is 9.01. The van der Waals surface area contributed by atoms with Gasteiger partial charge in [0, 0.05) is 20.1 Å². The van der Waals surface area contributed by atoms with Crippen LogP contribution in [0.2, 0.25) is 0 Å². The first-order valence-corrected chi connectivity index (χ1v) is 1.96. The van der Waals surface area contributed by atoms with Crippen LogP contribution in [0.5, 0.6) is 0 Å². The molecule has 0 aromatic carbocycles. The molecule has 0 N–H and O–H groups in total. The van der Waals surface area contributed by atoms with E-state index in [0.29, 0.717) is 0 Å². The Labute approximate surface area is 105 Å². The molecule has 1 atom stereocenters. The van der Waals surface area contributed by atoms with Gasteiger partial charge in [-0.1, -0.05) is 0 Å². The quantitative estimate of drug-likeness (QED) is 0.374. The van der Waals surface area contributed by atoms with Gasteiger partial charge in [0.1, 0.15) is 11.4 Å². The SMILES string of the molecule is O=S([O-])OCl.[Ir].[K+]. The van der Waals surface area contributed by atoms with E-state index in [9.17, 15) is 0 Å². The molecular weight excluding hydrogens is 347 g/mol. The fourth-order valence-corrected chi connectivity index (χ4v) is 0. The van der Waals surface area contributed by atoms with Crippen LogP contribution in [0.3, 0.4) is 0 Å². The fraction of sp³-hybridized carbons (Fsp3) is 0. The van der Waals surface area contributed by atoms with Crippen molar-refractivity contribution >= 4 is 23.2 Å². The van der Waals surface area contributed by atoms with E-state index in [1.807, 2.05) is 0 Å². The van der Waals surface area contributed by atoms with E-state index in [1.54, 1.807) is 0 Å². The van der Waals surface area contributed by atoms with Crippen LogP contribution >= 0.6 is 11.9 Å². The molecule has 0 bridgehead atoms. The molecule has 0 aliphatic heterocycles. The van der Waals surface area contributed by atoms with Gasteiger partial charge < -0.3 is 4.55 Å². The van der Waals surface area contributed by atoms with Crippen molar-refractivity contribution in [3.05, 3.63) is 0 Å². The second kappa shape index (κ2) is 11.4. The van der Waals surface area contributed by atoms with Gasteiger partial charge in [-0.05, 0) is 0 Å². The van der Waals surface area contributed by atoms with Crippen LogP contribution < -0.4 is 51.4 Å². The molecule has 0 fully saturated rings. The van der Waals surface area contributed by atoms with E-state index in [4.69, 9.17) is 8.76 Å². The van der Waals surface area contributed by atoms with Gasteiger partial charge in [-0.3, -0.25) is 0 Å². The third kappa shape index (κ3) is 17.7. The summed E-state index contributed by atoms with van der Waals surface area (Å²) < 4.78 is 21.2. The molecular formula is ClIrKO3S. The maximum absolute atomic E-state index is 9.01. The van der Waals surface area contributed by atoms with Crippen molar-refractivity contribution in [1.82, 2.24) is 0 Å². The van der Waals surface area contributed by atoms with E-state index in [-0.39, 0.29) is 71.5 Å². The molecule has 7 heavy (non-hydrogen) atoms. The van der Waals surface area contributed by atoms with Crippen molar-refractivity contribution in [3.8, 4) is 0 Å². The molecule has 3 nitrogen and oxygen atoms in total. The molecule has 1 unspecified atom stereocenters. The van der Waals surface area contributed by atoms with E-state index in [0.717, 1.165) is 0 Å². The van der Waals surface area contributed by atoms with E-state index >= 15 is 0 Å². The van der Waals surface area contributed by atoms with E-state index in [2.05, 4.69) is 15.6 Å². The predicted molar refractivity (Wildman–Crippen MR) is 15.9 cm³/mol. The monoisotopic (exact) mass is 347 g/mol. The van der Waals surface area contributed by atoms with Gasteiger partial charge in [-0.2, -0.15) is 3.74 Å². The Morgan fingerprint density at radius 2 is 1.86 bits per heavy atom. The van der Waals surface area contributed by atoms with Crippen molar-refractivity contribution < 1.29 is 84.0 Å². The minimum atomic E-state index is -2.56. The normalized spacial score (nSPS) is 10.6. The molecule has 0 saturated carbocycles. The number of hydrogen-bond donors (Lipinski definition) is 0. The minimum Gasteiger partial charge on any atom is -0.749 e. The second-order valence-corrected chi connectivity index (χ2v) is 1.18. The van der Waals surface area contributed by atoms with Crippen LogP contribution in [0.25, 0.3) is 0 Å². The van der Waals surface area contributed by atoms with Crippen LogP contribution in [-0.4, -0.2) is 8.76 Å². The molecule has 0 aliphatic rings. The average molecular weight is 347 g/mol. The molecule has 0 aromatic rings. The molecule has 0 saturated heterocycles. The van der Waals surface area contributed by atoms with E-state index in [1.165, 1.54) is 0 Å². The van der Waals surface area contributed by atoms with Gasteiger partial charge in [0.15, 0.2) is 0 Å².